The van der Waals surface area contributed by atoms with E-state index < -0.39 is 0 Å². The molecule has 0 aliphatic heterocycles. The van der Waals surface area contributed by atoms with Gasteiger partial charge in [-0.2, -0.15) is 0 Å². The van der Waals surface area contributed by atoms with E-state index in [9.17, 15) is 0 Å². The van der Waals surface area contributed by atoms with Gasteiger partial charge < -0.3 is 9.47 Å². The van der Waals surface area contributed by atoms with Crippen molar-refractivity contribution in [1.82, 2.24) is 0 Å². The van der Waals surface area contributed by atoms with Crippen LogP contribution in [0.15, 0.2) is 18.2 Å². The predicted octanol–water partition coefficient (Wildman–Crippen LogP) is 4.22. The molecule has 0 atom stereocenters. The molecule has 1 aliphatic carbocycles. The van der Waals surface area contributed by atoms with Gasteiger partial charge in [0.15, 0.2) is 0 Å². The van der Waals surface area contributed by atoms with Crippen molar-refractivity contribution in [2.75, 3.05) is 14.2 Å². The lowest BCUT2D eigenvalue weighted by molar-refractivity contribution is 0.336. The Morgan fingerprint density at radius 2 is 1.83 bits per heavy atom. The molecule has 2 nitrogen and oxygen atoms in total. The van der Waals surface area contributed by atoms with E-state index >= 15 is 0 Å². The number of rotatable bonds is 5. The van der Waals surface area contributed by atoms with Gasteiger partial charge >= 0.3 is 0 Å². The van der Waals surface area contributed by atoms with E-state index in [0.29, 0.717) is 0 Å². The predicted molar refractivity (Wildman–Crippen MR) is 74.4 cm³/mol. The molecule has 0 bridgehead atoms. The summed E-state index contributed by atoms with van der Waals surface area (Å²) < 4.78 is 10.7. The molecule has 1 aromatic carbocycles. The van der Waals surface area contributed by atoms with Gasteiger partial charge in [0.2, 0.25) is 0 Å². The molecule has 1 saturated carbocycles. The van der Waals surface area contributed by atoms with Crippen LogP contribution in [0.1, 0.15) is 44.1 Å². The molecule has 0 radical (unpaired) electrons. The van der Waals surface area contributed by atoms with E-state index in [0.717, 1.165) is 23.8 Å². The highest BCUT2D eigenvalue weighted by molar-refractivity contribution is 5.40. The smallest absolute Gasteiger partial charge is 0.122 e. The Hall–Kier alpha value is -1.18. The SMILES string of the molecule is COc1ccc(OC)c(CCC2CCCCC2)c1. The van der Waals surface area contributed by atoms with Crippen LogP contribution in [0, 0.1) is 5.92 Å². The Morgan fingerprint density at radius 3 is 2.50 bits per heavy atom. The summed E-state index contributed by atoms with van der Waals surface area (Å²) in [5, 5.41) is 0. The Labute approximate surface area is 110 Å². The molecule has 18 heavy (non-hydrogen) atoms. The van der Waals surface area contributed by atoms with Crippen molar-refractivity contribution in [3.8, 4) is 11.5 Å². The molecule has 0 saturated heterocycles. The highest BCUT2D eigenvalue weighted by Gasteiger charge is 2.14. The zero-order valence-corrected chi connectivity index (χ0v) is 11.6. The summed E-state index contributed by atoms with van der Waals surface area (Å²) >= 11 is 0. The highest BCUT2D eigenvalue weighted by Crippen LogP contribution is 2.30. The van der Waals surface area contributed by atoms with Crippen LogP contribution in [-0.4, -0.2) is 14.2 Å². The summed E-state index contributed by atoms with van der Waals surface area (Å²) in [5.41, 5.74) is 1.28. The van der Waals surface area contributed by atoms with Crippen molar-refractivity contribution in [2.24, 2.45) is 5.92 Å². The van der Waals surface area contributed by atoms with Crippen molar-refractivity contribution in [3.05, 3.63) is 23.8 Å². The van der Waals surface area contributed by atoms with Gasteiger partial charge in [-0.1, -0.05) is 32.1 Å². The summed E-state index contributed by atoms with van der Waals surface area (Å²) in [4.78, 5) is 0. The first-order valence-electron chi connectivity index (χ1n) is 7.04. The molecule has 0 aromatic heterocycles. The van der Waals surface area contributed by atoms with E-state index in [2.05, 4.69) is 6.07 Å². The lowest BCUT2D eigenvalue weighted by Gasteiger charge is -2.21. The van der Waals surface area contributed by atoms with Gasteiger partial charge in [-0.05, 0) is 42.5 Å². The second kappa shape index (κ2) is 6.67. The van der Waals surface area contributed by atoms with Crippen molar-refractivity contribution >= 4 is 0 Å². The van der Waals surface area contributed by atoms with Crippen LogP contribution in [0.5, 0.6) is 11.5 Å². The van der Waals surface area contributed by atoms with Crippen LogP contribution in [0.4, 0.5) is 0 Å². The first kappa shape index (κ1) is 13.3. The number of ether oxygens (including phenoxy) is 2. The molecule has 0 heterocycles. The maximum absolute atomic E-state index is 5.43. The highest BCUT2D eigenvalue weighted by atomic mass is 16.5. The van der Waals surface area contributed by atoms with Crippen LogP contribution in [0.2, 0.25) is 0 Å². The molecule has 1 aliphatic rings. The molecule has 1 aromatic rings. The number of methoxy groups -OCH3 is 2. The monoisotopic (exact) mass is 248 g/mol. The van der Waals surface area contributed by atoms with Gasteiger partial charge in [0.25, 0.3) is 0 Å². The molecule has 2 rings (SSSR count). The molecule has 100 valence electrons. The second-order valence-corrected chi connectivity index (χ2v) is 5.22. The van der Waals surface area contributed by atoms with Crippen LogP contribution < -0.4 is 9.47 Å². The van der Waals surface area contributed by atoms with E-state index in [1.807, 2.05) is 12.1 Å². The van der Waals surface area contributed by atoms with Crippen LogP contribution in [-0.2, 0) is 6.42 Å². The zero-order valence-electron chi connectivity index (χ0n) is 11.6. The van der Waals surface area contributed by atoms with Gasteiger partial charge in [-0.25, -0.2) is 0 Å². The first-order valence-corrected chi connectivity index (χ1v) is 7.04. The minimum Gasteiger partial charge on any atom is -0.497 e. The number of hydrogen-bond acceptors (Lipinski definition) is 2. The first-order chi connectivity index (χ1) is 8.83. The third-order valence-electron chi connectivity index (χ3n) is 4.03. The zero-order chi connectivity index (χ0) is 12.8. The van der Waals surface area contributed by atoms with Crippen molar-refractivity contribution < 1.29 is 9.47 Å². The van der Waals surface area contributed by atoms with Crippen molar-refractivity contribution in [1.29, 1.82) is 0 Å². The summed E-state index contributed by atoms with van der Waals surface area (Å²) in [6.45, 7) is 0. The van der Waals surface area contributed by atoms with Gasteiger partial charge in [0, 0.05) is 0 Å². The average molecular weight is 248 g/mol. The van der Waals surface area contributed by atoms with Crippen molar-refractivity contribution in [2.45, 2.75) is 44.9 Å². The lowest BCUT2D eigenvalue weighted by Crippen LogP contribution is -2.07. The van der Waals surface area contributed by atoms with Crippen molar-refractivity contribution in [3.63, 3.8) is 0 Å². The largest absolute Gasteiger partial charge is 0.497 e. The van der Waals surface area contributed by atoms with E-state index in [1.54, 1.807) is 14.2 Å². The number of aryl methyl sites for hydroxylation is 1. The quantitative estimate of drug-likeness (QED) is 0.777. The number of hydrogen-bond donors (Lipinski definition) is 0. The molecule has 0 unspecified atom stereocenters. The fourth-order valence-corrected chi connectivity index (χ4v) is 2.91. The summed E-state index contributed by atoms with van der Waals surface area (Å²) in [7, 11) is 3.46. The van der Waals surface area contributed by atoms with E-state index in [-0.39, 0.29) is 0 Å². The number of benzene rings is 1. The summed E-state index contributed by atoms with van der Waals surface area (Å²) in [6, 6.07) is 6.08. The Morgan fingerprint density at radius 1 is 1.06 bits per heavy atom. The molecule has 0 N–H and O–H groups in total. The Kier molecular flexibility index (Phi) is 4.91. The second-order valence-electron chi connectivity index (χ2n) is 5.22. The summed E-state index contributed by atoms with van der Waals surface area (Å²) in [5.74, 6) is 2.83. The van der Waals surface area contributed by atoms with Gasteiger partial charge in [0.1, 0.15) is 11.5 Å². The maximum atomic E-state index is 5.43. The third-order valence-corrected chi connectivity index (χ3v) is 4.03. The normalized spacial score (nSPS) is 16.6. The third kappa shape index (κ3) is 3.41. The minimum absolute atomic E-state index is 0.912. The molecular weight excluding hydrogens is 224 g/mol. The average Bonchev–Trinajstić information content (AvgIpc) is 2.45. The van der Waals surface area contributed by atoms with Crippen LogP contribution >= 0.6 is 0 Å². The van der Waals surface area contributed by atoms with Gasteiger partial charge in [-0.3, -0.25) is 0 Å². The molecular formula is C16H24O2. The lowest BCUT2D eigenvalue weighted by atomic mass is 9.85. The van der Waals surface area contributed by atoms with E-state index in [4.69, 9.17) is 9.47 Å². The van der Waals surface area contributed by atoms with Gasteiger partial charge in [0.05, 0.1) is 14.2 Å². The van der Waals surface area contributed by atoms with Crippen LogP contribution in [0.3, 0.4) is 0 Å². The Bertz CT molecular complexity index is 367. The standard InChI is InChI=1S/C16H24O2/c1-17-15-10-11-16(18-2)14(12-15)9-8-13-6-4-3-5-7-13/h10-13H,3-9H2,1-2H3. The fourth-order valence-electron chi connectivity index (χ4n) is 2.91. The van der Waals surface area contributed by atoms with Gasteiger partial charge in [-0.15, -0.1) is 0 Å². The fraction of sp³-hybridized carbons (Fsp3) is 0.625. The molecule has 2 heteroatoms. The molecule has 1 fully saturated rings. The summed E-state index contributed by atoms with van der Waals surface area (Å²) in [6.07, 6.45) is 9.46. The Balaban J connectivity index is 1.97. The topological polar surface area (TPSA) is 18.5 Å². The van der Waals surface area contributed by atoms with E-state index in [1.165, 1.54) is 44.1 Å². The van der Waals surface area contributed by atoms with Crippen LogP contribution in [0.25, 0.3) is 0 Å². The maximum Gasteiger partial charge on any atom is 0.122 e. The minimum atomic E-state index is 0.912. The molecule has 0 spiro atoms. The molecule has 0 amide bonds.